The molecule has 1 saturated heterocycles. The minimum absolute atomic E-state index is 0.00739. The van der Waals surface area contributed by atoms with Gasteiger partial charge < -0.3 is 10.2 Å². The molecule has 0 aromatic heterocycles. The second-order valence-corrected chi connectivity index (χ2v) is 7.41. The van der Waals surface area contributed by atoms with E-state index in [4.69, 9.17) is 0 Å². The fraction of sp³-hybridized carbons (Fsp3) is 0.619. The molecule has 1 atom stereocenters. The number of nitrogens with zero attached hydrogens (tertiary/aromatic N) is 1. The van der Waals surface area contributed by atoms with Crippen LogP contribution in [0.25, 0.3) is 0 Å². The lowest BCUT2D eigenvalue weighted by Gasteiger charge is -2.35. The van der Waals surface area contributed by atoms with Crippen molar-refractivity contribution in [2.45, 2.75) is 76.3 Å². The van der Waals surface area contributed by atoms with Crippen molar-refractivity contribution in [3.8, 4) is 0 Å². The first-order valence-corrected chi connectivity index (χ1v) is 9.90. The Balaban J connectivity index is 1.75. The van der Waals surface area contributed by atoms with E-state index in [0.29, 0.717) is 13.0 Å². The van der Waals surface area contributed by atoms with E-state index in [1.807, 2.05) is 30.3 Å². The van der Waals surface area contributed by atoms with Gasteiger partial charge in [-0.25, -0.2) is 0 Å². The van der Waals surface area contributed by atoms with E-state index in [2.05, 4.69) is 5.32 Å². The summed E-state index contributed by atoms with van der Waals surface area (Å²) in [6.07, 6.45) is 10.8. The number of benzene rings is 1. The molecule has 2 amide bonds. The molecule has 1 aliphatic heterocycles. The third-order valence-corrected chi connectivity index (χ3v) is 5.49. The molecule has 1 saturated carbocycles. The highest BCUT2D eigenvalue weighted by atomic mass is 16.2. The first-order chi connectivity index (χ1) is 12.3. The van der Waals surface area contributed by atoms with Gasteiger partial charge in [0.05, 0.1) is 0 Å². The van der Waals surface area contributed by atoms with Crippen molar-refractivity contribution < 1.29 is 9.59 Å². The fourth-order valence-electron chi connectivity index (χ4n) is 4.09. The van der Waals surface area contributed by atoms with Crippen molar-refractivity contribution in [3.63, 3.8) is 0 Å². The highest BCUT2D eigenvalue weighted by molar-refractivity contribution is 5.89. The second kappa shape index (κ2) is 9.02. The molecule has 25 heavy (non-hydrogen) atoms. The first kappa shape index (κ1) is 18.0. The minimum Gasteiger partial charge on any atom is -0.351 e. The number of rotatable bonds is 4. The van der Waals surface area contributed by atoms with Crippen LogP contribution in [0.3, 0.4) is 0 Å². The molecule has 136 valence electrons. The molecular formula is C21H30N2O2. The smallest absolute Gasteiger partial charge is 0.247 e. The number of hydrogen-bond donors (Lipinski definition) is 1. The summed E-state index contributed by atoms with van der Waals surface area (Å²) >= 11 is 0. The van der Waals surface area contributed by atoms with Crippen molar-refractivity contribution in [2.24, 2.45) is 0 Å². The quantitative estimate of drug-likeness (QED) is 0.900. The molecule has 4 heteroatoms. The lowest BCUT2D eigenvalue weighted by molar-refractivity contribution is -0.143. The Morgan fingerprint density at radius 1 is 0.960 bits per heavy atom. The Morgan fingerprint density at radius 2 is 1.64 bits per heavy atom. The zero-order valence-electron chi connectivity index (χ0n) is 15.1. The van der Waals surface area contributed by atoms with Gasteiger partial charge in [0.2, 0.25) is 11.8 Å². The largest absolute Gasteiger partial charge is 0.351 e. The van der Waals surface area contributed by atoms with Gasteiger partial charge >= 0.3 is 0 Å². The fourth-order valence-corrected chi connectivity index (χ4v) is 4.09. The molecule has 1 N–H and O–H groups in total. The normalized spacial score (nSPS) is 21.3. The molecule has 1 unspecified atom stereocenters. The summed E-state index contributed by atoms with van der Waals surface area (Å²) in [5, 5.41) is 3.27. The summed E-state index contributed by atoms with van der Waals surface area (Å²) < 4.78 is 0. The Kier molecular flexibility index (Phi) is 6.48. The van der Waals surface area contributed by atoms with E-state index in [-0.39, 0.29) is 17.9 Å². The number of likely N-dealkylation sites (tertiary alicyclic amines) is 1. The summed E-state index contributed by atoms with van der Waals surface area (Å²) in [4.78, 5) is 27.4. The van der Waals surface area contributed by atoms with Crippen LogP contribution in [0.2, 0.25) is 0 Å². The van der Waals surface area contributed by atoms with E-state index in [0.717, 1.165) is 31.2 Å². The molecule has 0 bridgehead atoms. The molecule has 2 fully saturated rings. The van der Waals surface area contributed by atoms with Crippen LogP contribution in [0.5, 0.6) is 0 Å². The Morgan fingerprint density at radius 3 is 2.32 bits per heavy atom. The van der Waals surface area contributed by atoms with Crippen molar-refractivity contribution in [2.75, 3.05) is 6.54 Å². The lowest BCUT2D eigenvalue weighted by atomic mass is 9.95. The van der Waals surface area contributed by atoms with Crippen molar-refractivity contribution >= 4 is 11.8 Å². The molecule has 1 aromatic rings. The van der Waals surface area contributed by atoms with Crippen LogP contribution in [0.1, 0.15) is 75.8 Å². The van der Waals surface area contributed by atoms with Crippen LogP contribution in [0.15, 0.2) is 30.3 Å². The second-order valence-electron chi connectivity index (χ2n) is 7.41. The standard InChI is InChI=1S/C21H30N2O2/c24-19-15-9-10-16-23(19)20(17-11-5-4-6-12-17)21(25)22-18-13-7-2-1-3-8-14-18/h4-6,11-12,18,20H,1-3,7-10,13-16H2,(H,22,25). The van der Waals surface area contributed by atoms with Crippen LogP contribution in [-0.4, -0.2) is 29.3 Å². The zero-order chi connectivity index (χ0) is 17.5. The summed E-state index contributed by atoms with van der Waals surface area (Å²) in [5.41, 5.74) is 0.918. The van der Waals surface area contributed by atoms with Gasteiger partial charge in [0, 0.05) is 19.0 Å². The van der Waals surface area contributed by atoms with Gasteiger partial charge in [-0.3, -0.25) is 9.59 Å². The summed E-state index contributed by atoms with van der Waals surface area (Å²) in [5.74, 6) is 0.0972. The number of carbonyl (C=O) groups is 2. The van der Waals surface area contributed by atoms with E-state index in [9.17, 15) is 9.59 Å². The van der Waals surface area contributed by atoms with Gasteiger partial charge in [0.25, 0.3) is 0 Å². The topological polar surface area (TPSA) is 49.4 Å². The summed E-state index contributed by atoms with van der Waals surface area (Å²) in [6.45, 7) is 0.677. The van der Waals surface area contributed by atoms with Gasteiger partial charge in [-0.15, -0.1) is 0 Å². The molecule has 4 nitrogen and oxygen atoms in total. The maximum Gasteiger partial charge on any atom is 0.247 e. The van der Waals surface area contributed by atoms with Gasteiger partial charge in [0.15, 0.2) is 0 Å². The molecule has 1 heterocycles. The molecule has 3 rings (SSSR count). The molecule has 1 aliphatic carbocycles. The van der Waals surface area contributed by atoms with E-state index in [1.165, 1.54) is 32.1 Å². The molecule has 0 radical (unpaired) electrons. The third kappa shape index (κ3) is 4.83. The summed E-state index contributed by atoms with van der Waals surface area (Å²) in [6, 6.07) is 9.53. The number of piperidine rings is 1. The highest BCUT2D eigenvalue weighted by Gasteiger charge is 2.33. The van der Waals surface area contributed by atoms with Gasteiger partial charge in [-0.05, 0) is 31.2 Å². The van der Waals surface area contributed by atoms with Gasteiger partial charge in [0.1, 0.15) is 6.04 Å². The predicted octanol–water partition coefficient (Wildman–Crippen LogP) is 3.97. The minimum atomic E-state index is -0.487. The lowest BCUT2D eigenvalue weighted by Crippen LogP contribution is -2.48. The van der Waals surface area contributed by atoms with E-state index in [1.54, 1.807) is 4.90 Å². The number of amides is 2. The Hall–Kier alpha value is -1.84. The van der Waals surface area contributed by atoms with Crippen LogP contribution in [0, 0.1) is 0 Å². The molecule has 1 aromatic carbocycles. The van der Waals surface area contributed by atoms with Crippen LogP contribution in [-0.2, 0) is 9.59 Å². The van der Waals surface area contributed by atoms with Crippen LogP contribution in [0.4, 0.5) is 0 Å². The molecule has 2 aliphatic rings. The van der Waals surface area contributed by atoms with Gasteiger partial charge in [-0.2, -0.15) is 0 Å². The average Bonchev–Trinajstić information content (AvgIpc) is 2.60. The predicted molar refractivity (Wildman–Crippen MR) is 99.0 cm³/mol. The van der Waals surface area contributed by atoms with Crippen molar-refractivity contribution in [1.29, 1.82) is 0 Å². The Labute approximate surface area is 151 Å². The average molecular weight is 342 g/mol. The van der Waals surface area contributed by atoms with Crippen LogP contribution >= 0.6 is 0 Å². The van der Waals surface area contributed by atoms with E-state index < -0.39 is 6.04 Å². The number of hydrogen-bond acceptors (Lipinski definition) is 2. The van der Waals surface area contributed by atoms with Crippen molar-refractivity contribution in [1.82, 2.24) is 10.2 Å². The monoisotopic (exact) mass is 342 g/mol. The SMILES string of the molecule is O=C(NC1CCCCCCC1)C(c1ccccc1)N1CCCCC1=O. The highest BCUT2D eigenvalue weighted by Crippen LogP contribution is 2.27. The third-order valence-electron chi connectivity index (χ3n) is 5.49. The number of nitrogens with one attached hydrogen (secondary N) is 1. The summed E-state index contributed by atoms with van der Waals surface area (Å²) in [7, 11) is 0. The maximum atomic E-state index is 13.1. The zero-order valence-corrected chi connectivity index (χ0v) is 15.1. The maximum absolute atomic E-state index is 13.1. The van der Waals surface area contributed by atoms with Crippen molar-refractivity contribution in [3.05, 3.63) is 35.9 Å². The Bertz CT molecular complexity index is 565. The molecule has 0 spiro atoms. The van der Waals surface area contributed by atoms with E-state index >= 15 is 0 Å². The first-order valence-electron chi connectivity index (χ1n) is 9.90. The molecular weight excluding hydrogens is 312 g/mol. The van der Waals surface area contributed by atoms with Gasteiger partial charge in [-0.1, -0.05) is 62.4 Å². The van der Waals surface area contributed by atoms with Crippen LogP contribution < -0.4 is 5.32 Å². The number of carbonyl (C=O) groups excluding carboxylic acids is 2.